The summed E-state index contributed by atoms with van der Waals surface area (Å²) < 4.78 is 41.8. The minimum atomic E-state index is -1.92. The first-order valence-electron chi connectivity index (χ1n) is 26.0. The molecule has 21 heteroatoms. The van der Waals surface area contributed by atoms with Crippen LogP contribution in [0.5, 0.6) is 5.75 Å². The smallest absolute Gasteiger partial charge is 0.407 e. The molecular formula is C54H65FN10O8SSi. The number of carbonyl (C=O) groups is 4. The van der Waals surface area contributed by atoms with E-state index in [1.165, 1.54) is 20.3 Å². The number of imidazole rings is 2. The number of ether oxygens (including phenoxy) is 4. The molecule has 18 nitrogen and oxygen atoms in total. The maximum Gasteiger partial charge on any atom is 0.407 e. The molecule has 8 heterocycles. The molecule has 0 radical (unpaired) electrons. The SMILES string of the molecule is COC(=O)NC(C(=O)N1C[Si](C)(C)C[C@H]1c1ncc(-c2ccc3c(c2)cc2n3[C@H](c3cnc(C4CC4)s3)Oc3cc(-c4cnc([C@@H]5CCCN5C(=O)[C@@H](NC(=O)OC)C(C)C)[nH]4)cc(F)c3-2)[nH]1)[C@@H]1CCOC(C)(C)C1. The molecule has 396 valence electrons. The Labute approximate surface area is 439 Å². The second-order valence-electron chi connectivity index (χ2n) is 22.6. The number of aromatic nitrogens is 6. The molecular weight excluding hydrogens is 996 g/mol. The number of rotatable bonds is 12. The van der Waals surface area contributed by atoms with Crippen molar-refractivity contribution in [3.05, 3.63) is 82.3 Å². The number of thiazole rings is 1. The standard InChI is InChI=1S/C54H65FN10O8SSi/c1-28(2)44(61-52(68)70-5)49(66)63-16-9-10-38(63)46-56-24-36(60-46)32-19-34(55)43-39-20-33-18-30(13-14-37(33)65(39)51(73-41(43)21-32)42-25-58-48(74-42)29-11-12-29)35-23-57-47(59-35)40-26-75(7,8)27-64(40)50(67)45(62-53(69)71-6)31-15-17-72-54(3,4)22-31/h13-14,18-21,23-25,28-29,31,38,40,44-45,51H,9-12,15-17,22,26-27H2,1-8H3,(H,56,60)(H,57,59)(H,61,68)(H,62,69)/t31-,38+,40+,44+,45?,51+/m1/s1. The van der Waals surface area contributed by atoms with E-state index in [0.717, 1.165) is 57.4 Å². The summed E-state index contributed by atoms with van der Waals surface area (Å²) in [5.41, 5.74) is 4.14. The lowest BCUT2D eigenvalue weighted by Gasteiger charge is -2.40. The van der Waals surface area contributed by atoms with Gasteiger partial charge in [-0.1, -0.05) is 33.0 Å². The van der Waals surface area contributed by atoms with Crippen LogP contribution in [0.15, 0.2) is 55.0 Å². The van der Waals surface area contributed by atoms with Gasteiger partial charge in [-0.15, -0.1) is 11.3 Å². The van der Waals surface area contributed by atoms with Crippen LogP contribution in [0.4, 0.5) is 14.0 Å². The van der Waals surface area contributed by atoms with Gasteiger partial charge in [0, 0.05) is 47.9 Å². The molecule has 4 N–H and O–H groups in total. The monoisotopic (exact) mass is 1060 g/mol. The average Bonchev–Trinajstić information content (AvgIpc) is 4.08. The van der Waals surface area contributed by atoms with Crippen molar-refractivity contribution in [2.24, 2.45) is 11.8 Å². The van der Waals surface area contributed by atoms with Crippen LogP contribution >= 0.6 is 11.3 Å². The molecule has 3 saturated heterocycles. The van der Waals surface area contributed by atoms with E-state index < -0.39 is 50.0 Å². The van der Waals surface area contributed by atoms with Gasteiger partial charge in [-0.05, 0) is 101 Å². The molecule has 4 aromatic heterocycles. The van der Waals surface area contributed by atoms with E-state index in [1.54, 1.807) is 28.6 Å². The van der Waals surface area contributed by atoms with Crippen LogP contribution in [0.3, 0.4) is 0 Å². The second kappa shape index (κ2) is 19.5. The van der Waals surface area contributed by atoms with E-state index in [2.05, 4.69) is 44.3 Å². The maximum atomic E-state index is 17.0. The number of halogens is 1. The van der Waals surface area contributed by atoms with Crippen molar-refractivity contribution in [3.8, 4) is 39.5 Å². The molecule has 4 amide bonds. The van der Waals surface area contributed by atoms with Gasteiger partial charge in [0.1, 0.15) is 35.3 Å². The molecule has 6 aromatic rings. The Balaban J connectivity index is 0.905. The molecule has 0 bridgehead atoms. The van der Waals surface area contributed by atoms with Crippen LogP contribution in [-0.2, 0) is 23.8 Å². The maximum absolute atomic E-state index is 17.0. The van der Waals surface area contributed by atoms with Crippen LogP contribution in [0.1, 0.15) is 112 Å². The van der Waals surface area contributed by atoms with Crippen molar-refractivity contribution in [2.75, 3.05) is 33.5 Å². The fourth-order valence-corrected chi connectivity index (χ4v) is 15.8. The summed E-state index contributed by atoms with van der Waals surface area (Å²) in [6.45, 7) is 13.3. The van der Waals surface area contributed by atoms with E-state index in [9.17, 15) is 19.2 Å². The van der Waals surface area contributed by atoms with Gasteiger partial charge in [-0.2, -0.15) is 0 Å². The number of alkyl carbamates (subject to hydrolysis) is 2. The van der Waals surface area contributed by atoms with Crippen molar-refractivity contribution in [1.82, 2.24) is 49.9 Å². The average molecular weight is 1060 g/mol. The van der Waals surface area contributed by atoms with Crippen molar-refractivity contribution < 1.29 is 42.5 Å². The fraction of sp³-hybridized carbons (Fsp3) is 0.500. The number of fused-ring (bicyclic) bond motifs is 5. The normalized spacial score (nSPS) is 22.6. The highest BCUT2D eigenvalue weighted by Crippen LogP contribution is 2.50. The predicted molar refractivity (Wildman–Crippen MR) is 282 cm³/mol. The van der Waals surface area contributed by atoms with E-state index in [-0.39, 0.29) is 35.7 Å². The molecule has 4 fully saturated rings. The summed E-state index contributed by atoms with van der Waals surface area (Å²) in [6, 6.07) is 10.0. The lowest BCUT2D eigenvalue weighted by Crippen LogP contribution is -2.55. The molecule has 1 unspecified atom stereocenters. The summed E-state index contributed by atoms with van der Waals surface area (Å²) in [5, 5.41) is 7.53. The van der Waals surface area contributed by atoms with Crippen LogP contribution in [0.2, 0.25) is 19.1 Å². The van der Waals surface area contributed by atoms with Gasteiger partial charge in [0.05, 0.1) is 90.4 Å². The highest BCUT2D eigenvalue weighted by atomic mass is 32.1. The molecule has 75 heavy (non-hydrogen) atoms. The number of methoxy groups -OCH3 is 2. The topological polar surface area (TPSA) is 211 Å². The third-order valence-electron chi connectivity index (χ3n) is 15.6. The molecule has 2 aromatic carbocycles. The summed E-state index contributed by atoms with van der Waals surface area (Å²) in [7, 11) is 0.663. The van der Waals surface area contributed by atoms with Gasteiger partial charge in [-0.3, -0.25) is 14.2 Å². The zero-order chi connectivity index (χ0) is 52.7. The number of nitrogens with one attached hydrogen (secondary N) is 4. The molecule has 5 aliphatic rings. The minimum absolute atomic E-state index is 0.136. The Morgan fingerprint density at radius 3 is 2.29 bits per heavy atom. The number of benzene rings is 2. The van der Waals surface area contributed by atoms with Gasteiger partial charge < -0.3 is 49.3 Å². The Hall–Kier alpha value is -6.58. The van der Waals surface area contributed by atoms with Crippen LogP contribution in [0, 0.1) is 17.7 Å². The molecule has 1 aliphatic carbocycles. The van der Waals surface area contributed by atoms with Crippen LogP contribution in [0.25, 0.3) is 44.7 Å². The largest absolute Gasteiger partial charge is 0.464 e. The zero-order valence-corrected chi connectivity index (χ0v) is 45.4. The number of H-pyrrole nitrogens is 2. The molecule has 11 rings (SSSR count). The molecule has 0 spiro atoms. The Kier molecular flexibility index (Phi) is 13.2. The lowest BCUT2D eigenvalue weighted by molar-refractivity contribution is -0.139. The van der Waals surface area contributed by atoms with Crippen molar-refractivity contribution >= 4 is 54.3 Å². The summed E-state index contributed by atoms with van der Waals surface area (Å²) in [6.07, 6.45) is 8.89. The highest BCUT2D eigenvalue weighted by Gasteiger charge is 2.48. The number of aromatic amines is 2. The number of amides is 4. The minimum Gasteiger partial charge on any atom is -0.464 e. The number of nitrogens with zero attached hydrogens (tertiary/aromatic N) is 6. The molecule has 1 saturated carbocycles. The highest BCUT2D eigenvalue weighted by molar-refractivity contribution is 7.11. The van der Waals surface area contributed by atoms with Crippen LogP contribution in [-0.4, -0.2) is 123 Å². The zero-order valence-electron chi connectivity index (χ0n) is 43.6. The first-order valence-corrected chi connectivity index (χ1v) is 30.3. The van der Waals surface area contributed by atoms with Gasteiger partial charge in [0.15, 0.2) is 0 Å². The van der Waals surface area contributed by atoms with Gasteiger partial charge in [-0.25, -0.2) is 28.9 Å². The van der Waals surface area contributed by atoms with Crippen molar-refractivity contribution in [1.29, 1.82) is 0 Å². The lowest BCUT2D eigenvalue weighted by atomic mass is 9.82. The Morgan fingerprint density at radius 1 is 0.867 bits per heavy atom. The number of hydrogen-bond acceptors (Lipinski definition) is 12. The van der Waals surface area contributed by atoms with Gasteiger partial charge in [0.25, 0.3) is 0 Å². The van der Waals surface area contributed by atoms with Crippen molar-refractivity contribution in [3.63, 3.8) is 0 Å². The molecule has 6 atom stereocenters. The van der Waals surface area contributed by atoms with E-state index in [0.29, 0.717) is 84.4 Å². The third kappa shape index (κ3) is 9.70. The fourth-order valence-electron chi connectivity index (χ4n) is 11.8. The predicted octanol–water partition coefficient (Wildman–Crippen LogP) is 9.61. The Bertz CT molecular complexity index is 3200. The van der Waals surface area contributed by atoms with E-state index in [4.69, 9.17) is 33.9 Å². The van der Waals surface area contributed by atoms with E-state index >= 15 is 4.39 Å². The first kappa shape index (κ1) is 50.6. The number of hydrogen-bond donors (Lipinski definition) is 4. The summed E-state index contributed by atoms with van der Waals surface area (Å²) in [5.74, 6) is 0.918. The van der Waals surface area contributed by atoms with Crippen molar-refractivity contribution in [2.45, 2.75) is 127 Å². The number of carbonyl (C=O) groups excluding carboxylic acids is 4. The van der Waals surface area contributed by atoms with E-state index in [1.807, 2.05) is 63.1 Å². The van der Waals surface area contributed by atoms with Gasteiger partial charge in [0.2, 0.25) is 18.0 Å². The quantitative estimate of drug-likeness (QED) is 0.0848. The third-order valence-corrected chi connectivity index (χ3v) is 19.5. The Morgan fingerprint density at radius 2 is 1.59 bits per heavy atom. The first-order chi connectivity index (χ1) is 35.9. The summed E-state index contributed by atoms with van der Waals surface area (Å²) >= 11 is 1.62. The van der Waals surface area contributed by atoms with Crippen LogP contribution < -0.4 is 15.4 Å². The second-order valence-corrected chi connectivity index (χ2v) is 28.7. The summed E-state index contributed by atoms with van der Waals surface area (Å²) in [4.78, 5) is 79.5. The van der Waals surface area contributed by atoms with Gasteiger partial charge >= 0.3 is 12.2 Å². The number of likely N-dealkylation sites (tertiary alicyclic amines) is 1. The molecule has 4 aliphatic heterocycles.